The lowest BCUT2D eigenvalue weighted by atomic mass is 10.1. The van der Waals surface area contributed by atoms with Crippen LogP contribution in [0.3, 0.4) is 0 Å². The van der Waals surface area contributed by atoms with Gasteiger partial charge in [-0.1, -0.05) is 6.07 Å². The second-order valence-electron chi connectivity index (χ2n) is 6.38. The molecule has 1 heterocycles. The van der Waals surface area contributed by atoms with Crippen LogP contribution in [0.5, 0.6) is 11.5 Å². The van der Waals surface area contributed by atoms with E-state index >= 15 is 0 Å². The van der Waals surface area contributed by atoms with Gasteiger partial charge in [0, 0.05) is 11.0 Å². The Bertz CT molecular complexity index is 898. The molecule has 1 aromatic heterocycles. The zero-order valence-corrected chi connectivity index (χ0v) is 17.7. The highest BCUT2D eigenvalue weighted by Crippen LogP contribution is 2.33. The van der Waals surface area contributed by atoms with Crippen LogP contribution < -0.4 is 14.8 Å². The molecule has 1 amide bonds. The number of methoxy groups -OCH3 is 2. The summed E-state index contributed by atoms with van der Waals surface area (Å²) in [7, 11) is 2.89. The van der Waals surface area contributed by atoms with Crippen LogP contribution in [0.15, 0.2) is 24.3 Å². The minimum atomic E-state index is -0.466. The van der Waals surface area contributed by atoms with E-state index in [2.05, 4.69) is 5.32 Å². The van der Waals surface area contributed by atoms with E-state index in [1.54, 1.807) is 25.3 Å². The molecule has 0 spiro atoms. The monoisotopic (exact) mass is 403 g/mol. The molecule has 0 unspecified atom stereocenters. The maximum absolute atomic E-state index is 12.3. The second kappa shape index (κ2) is 9.41. The number of nitrogens with one attached hydrogen (secondary N) is 1. The molecular formula is C21H25NO5S. The number of anilines is 1. The second-order valence-corrected chi connectivity index (χ2v) is 7.60. The van der Waals surface area contributed by atoms with E-state index < -0.39 is 5.97 Å². The number of esters is 1. The number of ether oxygens (including phenoxy) is 3. The van der Waals surface area contributed by atoms with Gasteiger partial charge >= 0.3 is 5.97 Å². The number of hydrogen-bond donors (Lipinski definition) is 1. The van der Waals surface area contributed by atoms with Gasteiger partial charge in [-0.3, -0.25) is 4.79 Å². The van der Waals surface area contributed by atoms with Gasteiger partial charge in [0.15, 0.2) is 11.5 Å². The molecule has 2 rings (SSSR count). The van der Waals surface area contributed by atoms with Gasteiger partial charge in [0.05, 0.1) is 25.9 Å². The summed E-state index contributed by atoms with van der Waals surface area (Å²) in [6.07, 6.45) is 3.11. The number of thiophene rings is 1. The first-order valence-corrected chi connectivity index (χ1v) is 9.60. The predicted octanol–water partition coefficient (Wildman–Crippen LogP) is 4.60. The number of carbonyl (C=O) groups excluding carboxylic acids is 2. The van der Waals surface area contributed by atoms with Crippen LogP contribution in [-0.4, -0.2) is 32.2 Å². The average Bonchev–Trinajstić information content (AvgIpc) is 2.93. The number of amides is 1. The molecule has 0 saturated carbocycles. The number of aryl methyl sites for hydroxylation is 1. The Labute approximate surface area is 169 Å². The zero-order valence-electron chi connectivity index (χ0n) is 16.9. The summed E-state index contributed by atoms with van der Waals surface area (Å²) in [6.45, 7) is 7.60. The first-order chi connectivity index (χ1) is 13.3. The Morgan fingerprint density at radius 1 is 1.14 bits per heavy atom. The topological polar surface area (TPSA) is 73.9 Å². The molecule has 0 atom stereocenters. The van der Waals surface area contributed by atoms with Crippen molar-refractivity contribution in [3.63, 3.8) is 0 Å². The van der Waals surface area contributed by atoms with Crippen molar-refractivity contribution in [3.05, 3.63) is 45.8 Å². The van der Waals surface area contributed by atoms with Gasteiger partial charge in [-0.05, 0) is 57.0 Å². The van der Waals surface area contributed by atoms with E-state index in [4.69, 9.17) is 14.2 Å². The van der Waals surface area contributed by atoms with Gasteiger partial charge in [0.25, 0.3) is 0 Å². The SMILES string of the molecule is COC(=O)c1c(NC(=O)C=Cc2ccc(OC(C)C)c(OC)c2)sc(C)c1C. The molecule has 1 aromatic carbocycles. The summed E-state index contributed by atoms with van der Waals surface area (Å²) in [5, 5.41) is 3.24. The van der Waals surface area contributed by atoms with E-state index in [9.17, 15) is 9.59 Å². The highest BCUT2D eigenvalue weighted by atomic mass is 32.1. The van der Waals surface area contributed by atoms with Crippen molar-refractivity contribution in [1.82, 2.24) is 0 Å². The van der Waals surface area contributed by atoms with Crippen LogP contribution in [0.4, 0.5) is 5.00 Å². The van der Waals surface area contributed by atoms with Gasteiger partial charge in [0.1, 0.15) is 5.00 Å². The van der Waals surface area contributed by atoms with Crippen LogP contribution in [0.1, 0.15) is 40.2 Å². The van der Waals surface area contributed by atoms with Crippen molar-refractivity contribution in [3.8, 4) is 11.5 Å². The van der Waals surface area contributed by atoms with Gasteiger partial charge in [-0.2, -0.15) is 0 Å². The lowest BCUT2D eigenvalue weighted by Gasteiger charge is -2.13. The zero-order chi connectivity index (χ0) is 20.8. The summed E-state index contributed by atoms with van der Waals surface area (Å²) in [5.41, 5.74) is 1.99. The summed E-state index contributed by atoms with van der Waals surface area (Å²) >= 11 is 1.35. The molecule has 0 aliphatic rings. The van der Waals surface area contributed by atoms with Crippen molar-refractivity contribution in [1.29, 1.82) is 0 Å². The number of carbonyl (C=O) groups is 2. The molecule has 0 aliphatic heterocycles. The Kier molecular flexibility index (Phi) is 7.23. The third-order valence-electron chi connectivity index (χ3n) is 3.99. The number of benzene rings is 1. The molecule has 6 nitrogen and oxygen atoms in total. The van der Waals surface area contributed by atoms with Gasteiger partial charge in [-0.25, -0.2) is 4.79 Å². The molecule has 2 aromatic rings. The summed E-state index contributed by atoms with van der Waals surface area (Å²) in [6, 6.07) is 5.43. The Hall–Kier alpha value is -2.80. The van der Waals surface area contributed by atoms with Crippen LogP contribution in [0.2, 0.25) is 0 Å². The minimum Gasteiger partial charge on any atom is -0.493 e. The molecule has 0 aliphatic carbocycles. The normalized spacial score (nSPS) is 11.0. The lowest BCUT2D eigenvalue weighted by molar-refractivity contribution is -0.111. The van der Waals surface area contributed by atoms with Crippen molar-refractivity contribution >= 4 is 34.3 Å². The Morgan fingerprint density at radius 2 is 1.86 bits per heavy atom. The van der Waals surface area contributed by atoms with Crippen LogP contribution in [0.25, 0.3) is 6.08 Å². The fourth-order valence-electron chi connectivity index (χ4n) is 2.53. The Balaban J connectivity index is 2.17. The van der Waals surface area contributed by atoms with E-state index in [0.29, 0.717) is 22.1 Å². The third-order valence-corrected chi connectivity index (χ3v) is 5.11. The van der Waals surface area contributed by atoms with E-state index in [1.807, 2.05) is 33.8 Å². The summed E-state index contributed by atoms with van der Waals surface area (Å²) in [4.78, 5) is 25.3. The van der Waals surface area contributed by atoms with Crippen LogP contribution >= 0.6 is 11.3 Å². The lowest BCUT2D eigenvalue weighted by Crippen LogP contribution is -2.11. The van der Waals surface area contributed by atoms with E-state index in [0.717, 1.165) is 16.0 Å². The molecule has 0 radical (unpaired) electrons. The average molecular weight is 404 g/mol. The highest BCUT2D eigenvalue weighted by Gasteiger charge is 2.21. The van der Waals surface area contributed by atoms with Crippen LogP contribution in [0, 0.1) is 13.8 Å². The third kappa shape index (κ3) is 5.13. The molecule has 1 N–H and O–H groups in total. The molecule has 0 fully saturated rings. The first-order valence-electron chi connectivity index (χ1n) is 8.78. The molecule has 0 saturated heterocycles. The standard InChI is InChI=1S/C21H25NO5S/c1-12(2)27-16-9-7-15(11-17(16)25-5)8-10-18(23)22-20-19(21(24)26-6)13(3)14(4)28-20/h7-12H,1-6H3,(H,22,23). The van der Waals surface area contributed by atoms with E-state index in [1.165, 1.54) is 24.5 Å². The van der Waals surface area contributed by atoms with Crippen LogP contribution in [-0.2, 0) is 9.53 Å². The van der Waals surface area contributed by atoms with Gasteiger partial charge < -0.3 is 19.5 Å². The number of rotatable bonds is 7. The molecule has 150 valence electrons. The molecular weight excluding hydrogens is 378 g/mol. The largest absolute Gasteiger partial charge is 0.493 e. The molecule has 0 bridgehead atoms. The van der Waals surface area contributed by atoms with E-state index in [-0.39, 0.29) is 12.0 Å². The maximum atomic E-state index is 12.3. The summed E-state index contributed by atoms with van der Waals surface area (Å²) in [5.74, 6) is 0.430. The Morgan fingerprint density at radius 3 is 2.46 bits per heavy atom. The van der Waals surface area contributed by atoms with Gasteiger partial charge in [-0.15, -0.1) is 11.3 Å². The van der Waals surface area contributed by atoms with Crippen molar-refractivity contribution < 1.29 is 23.8 Å². The fraction of sp³-hybridized carbons (Fsp3) is 0.333. The fourth-order valence-corrected chi connectivity index (χ4v) is 3.58. The predicted molar refractivity (Wildman–Crippen MR) is 112 cm³/mol. The van der Waals surface area contributed by atoms with Gasteiger partial charge in [0.2, 0.25) is 5.91 Å². The minimum absolute atomic E-state index is 0.0304. The maximum Gasteiger partial charge on any atom is 0.341 e. The van der Waals surface area contributed by atoms with Crippen molar-refractivity contribution in [2.45, 2.75) is 33.8 Å². The quantitative estimate of drug-likeness (QED) is 0.540. The van der Waals surface area contributed by atoms with Crippen molar-refractivity contribution in [2.24, 2.45) is 0 Å². The molecule has 28 heavy (non-hydrogen) atoms. The number of hydrogen-bond acceptors (Lipinski definition) is 6. The molecule has 7 heteroatoms. The van der Waals surface area contributed by atoms with Crippen molar-refractivity contribution in [2.75, 3.05) is 19.5 Å². The summed E-state index contributed by atoms with van der Waals surface area (Å²) < 4.78 is 15.9. The highest BCUT2D eigenvalue weighted by molar-refractivity contribution is 7.16. The smallest absolute Gasteiger partial charge is 0.341 e. The first kappa shape index (κ1) is 21.5.